The van der Waals surface area contributed by atoms with Crippen LogP contribution in [-0.2, 0) is 5.41 Å². The van der Waals surface area contributed by atoms with Crippen LogP contribution in [0.5, 0.6) is 0 Å². The number of nitrogens with zero attached hydrogens (tertiary/aromatic N) is 1. The largest absolute Gasteiger partial charge is 0.356 e. The highest BCUT2D eigenvalue weighted by atomic mass is 127. The Morgan fingerprint density at radius 1 is 1.26 bits per heavy atom. The van der Waals surface area contributed by atoms with E-state index in [0.29, 0.717) is 6.54 Å². The van der Waals surface area contributed by atoms with Gasteiger partial charge in [-0.15, -0.1) is 24.0 Å². The smallest absolute Gasteiger partial charge is 0.191 e. The topological polar surface area (TPSA) is 36.4 Å². The van der Waals surface area contributed by atoms with Gasteiger partial charge in [-0.1, -0.05) is 26.0 Å². The first-order chi connectivity index (χ1) is 10.5. The predicted molar refractivity (Wildman–Crippen MR) is 112 cm³/mol. The lowest BCUT2D eigenvalue weighted by atomic mass is 9.84. The maximum Gasteiger partial charge on any atom is 0.191 e. The lowest BCUT2D eigenvalue weighted by Gasteiger charge is -2.26. The SMILES string of the molecule is CN=C(NCCCCSC)NCC(C)(C)c1cccc(F)c1.I. The molecule has 0 fully saturated rings. The lowest BCUT2D eigenvalue weighted by Crippen LogP contribution is -2.43. The number of unbranched alkanes of at least 4 members (excludes halogenated alkanes) is 1. The third kappa shape index (κ3) is 8.79. The van der Waals surface area contributed by atoms with E-state index in [1.165, 1.54) is 18.2 Å². The van der Waals surface area contributed by atoms with Gasteiger partial charge in [0, 0.05) is 25.6 Å². The second-order valence-corrected chi connectivity index (χ2v) is 6.93. The summed E-state index contributed by atoms with van der Waals surface area (Å²) in [5, 5.41) is 6.65. The van der Waals surface area contributed by atoms with Gasteiger partial charge in [0.2, 0.25) is 0 Å². The Balaban J connectivity index is 0.00000484. The van der Waals surface area contributed by atoms with Crippen LogP contribution >= 0.6 is 35.7 Å². The van der Waals surface area contributed by atoms with Gasteiger partial charge < -0.3 is 10.6 Å². The number of guanidine groups is 1. The number of nitrogens with one attached hydrogen (secondary N) is 2. The monoisotopic (exact) mass is 453 g/mol. The Morgan fingerprint density at radius 2 is 2.00 bits per heavy atom. The minimum Gasteiger partial charge on any atom is -0.356 e. The number of aliphatic imine (C=N–C) groups is 1. The molecule has 1 rings (SSSR count). The normalized spacial score (nSPS) is 11.8. The zero-order valence-corrected chi connectivity index (χ0v) is 17.6. The molecule has 0 atom stereocenters. The molecule has 0 amide bonds. The molecule has 1 aromatic rings. The number of thioether (sulfide) groups is 1. The van der Waals surface area contributed by atoms with Crippen LogP contribution in [0.1, 0.15) is 32.3 Å². The molecule has 6 heteroatoms. The van der Waals surface area contributed by atoms with Crippen molar-refractivity contribution in [1.29, 1.82) is 0 Å². The summed E-state index contributed by atoms with van der Waals surface area (Å²) in [5.41, 5.74) is 0.814. The fraction of sp³-hybridized carbons (Fsp3) is 0.588. The Labute approximate surface area is 161 Å². The van der Waals surface area contributed by atoms with Gasteiger partial charge in [-0.2, -0.15) is 11.8 Å². The molecule has 0 radical (unpaired) electrons. The average molecular weight is 453 g/mol. The van der Waals surface area contributed by atoms with Crippen LogP contribution in [-0.4, -0.2) is 38.1 Å². The maximum absolute atomic E-state index is 13.4. The molecule has 2 N–H and O–H groups in total. The van der Waals surface area contributed by atoms with E-state index in [2.05, 4.69) is 35.7 Å². The van der Waals surface area contributed by atoms with Gasteiger partial charge in [0.15, 0.2) is 5.96 Å². The third-order valence-electron chi connectivity index (χ3n) is 3.60. The minimum absolute atomic E-state index is 0. The zero-order valence-electron chi connectivity index (χ0n) is 14.5. The summed E-state index contributed by atoms with van der Waals surface area (Å²) in [6.07, 6.45) is 4.47. The fourth-order valence-electron chi connectivity index (χ4n) is 2.12. The molecule has 132 valence electrons. The highest BCUT2D eigenvalue weighted by Crippen LogP contribution is 2.22. The first-order valence-corrected chi connectivity index (χ1v) is 9.08. The summed E-state index contributed by atoms with van der Waals surface area (Å²) in [6, 6.07) is 6.79. The number of benzene rings is 1. The van der Waals surface area contributed by atoms with Gasteiger partial charge in [-0.25, -0.2) is 4.39 Å². The van der Waals surface area contributed by atoms with Crippen LogP contribution in [0, 0.1) is 5.82 Å². The Bertz CT molecular complexity index is 481. The number of hydrogen-bond donors (Lipinski definition) is 2. The van der Waals surface area contributed by atoms with Gasteiger partial charge >= 0.3 is 0 Å². The van der Waals surface area contributed by atoms with Crippen LogP contribution in [0.15, 0.2) is 29.3 Å². The predicted octanol–water partition coefficient (Wildman–Crippen LogP) is 4.03. The Kier molecular flexibility index (Phi) is 11.7. The molecule has 0 aromatic heterocycles. The van der Waals surface area contributed by atoms with Crippen molar-refractivity contribution in [2.45, 2.75) is 32.1 Å². The molecule has 0 saturated carbocycles. The van der Waals surface area contributed by atoms with E-state index in [1.807, 2.05) is 17.8 Å². The molecule has 3 nitrogen and oxygen atoms in total. The molecule has 0 heterocycles. The van der Waals surface area contributed by atoms with Crippen LogP contribution in [0.3, 0.4) is 0 Å². The van der Waals surface area contributed by atoms with Gasteiger partial charge in [0.05, 0.1) is 0 Å². The van der Waals surface area contributed by atoms with Crippen molar-refractivity contribution in [3.63, 3.8) is 0 Å². The second-order valence-electron chi connectivity index (χ2n) is 5.95. The summed E-state index contributed by atoms with van der Waals surface area (Å²) >= 11 is 1.87. The molecule has 0 aliphatic carbocycles. The lowest BCUT2D eigenvalue weighted by molar-refractivity contribution is 0.503. The van der Waals surface area contributed by atoms with Crippen LogP contribution in [0.4, 0.5) is 4.39 Å². The summed E-state index contributed by atoms with van der Waals surface area (Å²) in [5.74, 6) is 1.80. The van der Waals surface area contributed by atoms with Gasteiger partial charge in [0.25, 0.3) is 0 Å². The minimum atomic E-state index is -0.193. The van der Waals surface area contributed by atoms with Crippen LogP contribution < -0.4 is 10.6 Å². The van der Waals surface area contributed by atoms with Crippen LogP contribution in [0.2, 0.25) is 0 Å². The molecule has 0 bridgehead atoms. The van der Waals surface area contributed by atoms with Crippen molar-refractivity contribution in [3.8, 4) is 0 Å². The van der Waals surface area contributed by atoms with E-state index in [-0.39, 0.29) is 35.2 Å². The van der Waals surface area contributed by atoms with E-state index in [9.17, 15) is 4.39 Å². The van der Waals surface area contributed by atoms with E-state index in [0.717, 1.165) is 24.5 Å². The quantitative estimate of drug-likeness (QED) is 0.270. The number of halogens is 2. The summed E-state index contributed by atoms with van der Waals surface area (Å²) in [7, 11) is 1.77. The van der Waals surface area contributed by atoms with E-state index >= 15 is 0 Å². The van der Waals surface area contributed by atoms with Crippen molar-refractivity contribution < 1.29 is 4.39 Å². The zero-order chi connectivity index (χ0) is 16.4. The van der Waals surface area contributed by atoms with E-state index in [1.54, 1.807) is 19.2 Å². The Hall–Kier alpha value is -0.500. The molecular formula is C17H29FIN3S. The van der Waals surface area contributed by atoms with Crippen molar-refractivity contribution in [1.82, 2.24) is 10.6 Å². The van der Waals surface area contributed by atoms with E-state index in [4.69, 9.17) is 0 Å². The number of hydrogen-bond acceptors (Lipinski definition) is 2. The van der Waals surface area contributed by atoms with Crippen molar-refractivity contribution in [2.75, 3.05) is 32.1 Å². The third-order valence-corrected chi connectivity index (χ3v) is 4.29. The second kappa shape index (κ2) is 11.9. The highest BCUT2D eigenvalue weighted by molar-refractivity contribution is 14.0. The van der Waals surface area contributed by atoms with Gasteiger partial charge in [-0.05, 0) is 42.5 Å². The maximum atomic E-state index is 13.4. The summed E-state index contributed by atoms with van der Waals surface area (Å²) in [4.78, 5) is 4.24. The Morgan fingerprint density at radius 3 is 2.61 bits per heavy atom. The first kappa shape index (κ1) is 22.5. The van der Waals surface area contributed by atoms with Gasteiger partial charge in [-0.3, -0.25) is 4.99 Å². The molecular weight excluding hydrogens is 424 g/mol. The average Bonchev–Trinajstić information content (AvgIpc) is 2.50. The molecule has 0 aliphatic heterocycles. The van der Waals surface area contributed by atoms with E-state index < -0.39 is 0 Å². The van der Waals surface area contributed by atoms with Crippen molar-refractivity contribution in [2.24, 2.45) is 4.99 Å². The molecule has 23 heavy (non-hydrogen) atoms. The summed E-state index contributed by atoms with van der Waals surface area (Å²) < 4.78 is 13.4. The molecule has 0 aliphatic rings. The van der Waals surface area contributed by atoms with Crippen LogP contribution in [0.25, 0.3) is 0 Å². The van der Waals surface area contributed by atoms with Crippen molar-refractivity contribution >= 4 is 41.7 Å². The van der Waals surface area contributed by atoms with Crippen molar-refractivity contribution in [3.05, 3.63) is 35.6 Å². The fourth-order valence-corrected chi connectivity index (χ4v) is 2.61. The summed E-state index contributed by atoms with van der Waals surface area (Å²) in [6.45, 7) is 5.81. The highest BCUT2D eigenvalue weighted by Gasteiger charge is 2.21. The molecule has 0 spiro atoms. The molecule has 0 saturated heterocycles. The first-order valence-electron chi connectivity index (χ1n) is 7.69. The standard InChI is InChI=1S/C17H28FN3S.HI/c1-17(2,14-8-7-9-15(18)12-14)13-21-16(19-3)20-10-5-6-11-22-4;/h7-9,12H,5-6,10-11,13H2,1-4H3,(H2,19,20,21);1H. The van der Waals surface area contributed by atoms with Gasteiger partial charge in [0.1, 0.15) is 5.82 Å². The number of rotatable bonds is 8. The molecule has 1 aromatic carbocycles. The molecule has 0 unspecified atom stereocenters.